The first-order valence-corrected chi connectivity index (χ1v) is 5.89. The summed E-state index contributed by atoms with van der Waals surface area (Å²) in [5, 5.41) is 0. The normalized spacial score (nSPS) is 14.5. The maximum Gasteiger partial charge on any atom is 0.0197 e. The smallest absolute Gasteiger partial charge is 0.0197 e. The minimum Gasteiger partial charge on any atom is -0.308 e. The van der Waals surface area contributed by atoms with Gasteiger partial charge < -0.3 is 4.90 Å². The molecule has 0 radical (unpaired) electrons. The van der Waals surface area contributed by atoms with Crippen LogP contribution in [0.4, 0.5) is 0 Å². The number of hydrogen-bond donors (Lipinski definition) is 1. The molecule has 0 aliphatic rings. The van der Waals surface area contributed by atoms with Crippen LogP contribution < -0.4 is 0 Å². The standard InChI is InChI=1S/C11H24N2S/c1-5-13(8-6-7-9-14)11(2)10-12(3)4/h6-7,11,14H,5,8-10H2,1-4H3/b7-6+. The maximum absolute atomic E-state index is 4.15. The fourth-order valence-electron chi connectivity index (χ4n) is 1.55. The molecule has 1 atom stereocenters. The van der Waals surface area contributed by atoms with Crippen LogP contribution in [0.3, 0.4) is 0 Å². The van der Waals surface area contributed by atoms with Gasteiger partial charge in [-0.25, -0.2) is 0 Å². The number of hydrogen-bond acceptors (Lipinski definition) is 3. The van der Waals surface area contributed by atoms with E-state index in [0.717, 1.165) is 25.4 Å². The van der Waals surface area contributed by atoms with Gasteiger partial charge in [-0.1, -0.05) is 19.1 Å². The maximum atomic E-state index is 4.15. The molecule has 3 heteroatoms. The molecule has 0 aromatic carbocycles. The number of thiol groups is 1. The molecule has 0 aliphatic heterocycles. The zero-order chi connectivity index (χ0) is 11.0. The van der Waals surface area contributed by atoms with Gasteiger partial charge in [-0.3, -0.25) is 4.90 Å². The highest BCUT2D eigenvalue weighted by Gasteiger charge is 2.10. The molecule has 84 valence electrons. The van der Waals surface area contributed by atoms with E-state index < -0.39 is 0 Å². The third-order valence-electron chi connectivity index (χ3n) is 2.27. The number of likely N-dealkylation sites (N-methyl/N-ethyl adjacent to an activating group) is 2. The molecule has 0 bridgehead atoms. The first-order valence-electron chi connectivity index (χ1n) is 5.26. The van der Waals surface area contributed by atoms with E-state index in [-0.39, 0.29) is 0 Å². The molecule has 0 rings (SSSR count). The third-order valence-corrected chi connectivity index (χ3v) is 2.48. The van der Waals surface area contributed by atoms with Crippen molar-refractivity contribution in [2.24, 2.45) is 0 Å². The van der Waals surface area contributed by atoms with E-state index in [2.05, 4.69) is 62.5 Å². The van der Waals surface area contributed by atoms with Crippen molar-refractivity contribution in [2.75, 3.05) is 39.5 Å². The lowest BCUT2D eigenvalue weighted by Crippen LogP contribution is -2.40. The van der Waals surface area contributed by atoms with Gasteiger partial charge in [0.2, 0.25) is 0 Å². The largest absolute Gasteiger partial charge is 0.308 e. The number of rotatable bonds is 7. The Labute approximate surface area is 94.4 Å². The van der Waals surface area contributed by atoms with Crippen LogP contribution in [0.2, 0.25) is 0 Å². The summed E-state index contributed by atoms with van der Waals surface area (Å²) in [4.78, 5) is 4.69. The van der Waals surface area contributed by atoms with Gasteiger partial charge in [-0.15, -0.1) is 0 Å². The molecule has 0 saturated carbocycles. The van der Waals surface area contributed by atoms with Gasteiger partial charge in [-0.2, -0.15) is 12.6 Å². The predicted octanol–water partition coefficient (Wildman–Crippen LogP) is 1.74. The average Bonchev–Trinajstić information content (AvgIpc) is 2.11. The second-order valence-corrected chi connectivity index (χ2v) is 4.22. The second-order valence-electron chi connectivity index (χ2n) is 3.85. The molecule has 0 aromatic heterocycles. The Morgan fingerprint density at radius 1 is 1.29 bits per heavy atom. The van der Waals surface area contributed by atoms with E-state index in [0.29, 0.717) is 6.04 Å². The van der Waals surface area contributed by atoms with Crippen LogP contribution in [0, 0.1) is 0 Å². The summed E-state index contributed by atoms with van der Waals surface area (Å²) in [5.74, 6) is 0.833. The van der Waals surface area contributed by atoms with Crippen LogP contribution in [0.15, 0.2) is 12.2 Å². The monoisotopic (exact) mass is 216 g/mol. The lowest BCUT2D eigenvalue weighted by molar-refractivity contribution is 0.198. The van der Waals surface area contributed by atoms with Crippen molar-refractivity contribution >= 4 is 12.6 Å². The SMILES string of the molecule is CCN(C/C=C/CS)C(C)CN(C)C. The number of nitrogens with zero attached hydrogens (tertiary/aromatic N) is 2. The van der Waals surface area contributed by atoms with Gasteiger partial charge in [0.05, 0.1) is 0 Å². The van der Waals surface area contributed by atoms with Crippen LogP contribution in [0.5, 0.6) is 0 Å². The van der Waals surface area contributed by atoms with Crippen molar-refractivity contribution < 1.29 is 0 Å². The Morgan fingerprint density at radius 2 is 1.93 bits per heavy atom. The molecule has 0 aromatic rings. The van der Waals surface area contributed by atoms with Crippen molar-refractivity contribution in [1.29, 1.82) is 0 Å². The molecule has 0 saturated heterocycles. The Kier molecular flexibility index (Phi) is 8.34. The molecule has 0 aliphatic carbocycles. The third kappa shape index (κ3) is 6.46. The van der Waals surface area contributed by atoms with Crippen molar-refractivity contribution in [3.8, 4) is 0 Å². The fraction of sp³-hybridized carbons (Fsp3) is 0.818. The summed E-state index contributed by atoms with van der Waals surface area (Å²) >= 11 is 4.15. The minimum absolute atomic E-state index is 0.611. The molecule has 0 heterocycles. The lowest BCUT2D eigenvalue weighted by atomic mass is 10.2. The molecule has 0 N–H and O–H groups in total. The molecule has 0 amide bonds. The summed E-state index contributed by atoms with van der Waals surface area (Å²) in [6.45, 7) is 7.74. The lowest BCUT2D eigenvalue weighted by Gasteiger charge is -2.28. The first-order chi connectivity index (χ1) is 6.61. The van der Waals surface area contributed by atoms with Gasteiger partial charge in [0.25, 0.3) is 0 Å². The van der Waals surface area contributed by atoms with Gasteiger partial charge >= 0.3 is 0 Å². The molecule has 0 spiro atoms. The van der Waals surface area contributed by atoms with Gasteiger partial charge in [0, 0.05) is 24.9 Å². The topological polar surface area (TPSA) is 6.48 Å². The van der Waals surface area contributed by atoms with Crippen LogP contribution in [-0.2, 0) is 0 Å². The van der Waals surface area contributed by atoms with Crippen molar-refractivity contribution in [2.45, 2.75) is 19.9 Å². The Hall–Kier alpha value is 0.01000. The van der Waals surface area contributed by atoms with Crippen LogP contribution in [0.1, 0.15) is 13.8 Å². The average molecular weight is 216 g/mol. The van der Waals surface area contributed by atoms with Gasteiger partial charge in [-0.05, 0) is 27.6 Å². The van der Waals surface area contributed by atoms with E-state index in [1.54, 1.807) is 0 Å². The van der Waals surface area contributed by atoms with Crippen molar-refractivity contribution in [3.05, 3.63) is 12.2 Å². The van der Waals surface area contributed by atoms with Gasteiger partial charge in [0.1, 0.15) is 0 Å². The molecular weight excluding hydrogens is 192 g/mol. The molecule has 14 heavy (non-hydrogen) atoms. The van der Waals surface area contributed by atoms with Gasteiger partial charge in [0.15, 0.2) is 0 Å². The van der Waals surface area contributed by atoms with E-state index in [1.165, 1.54) is 0 Å². The van der Waals surface area contributed by atoms with Crippen molar-refractivity contribution in [1.82, 2.24) is 9.80 Å². The Bertz CT molecular complexity index is 157. The highest BCUT2D eigenvalue weighted by Crippen LogP contribution is 2.00. The van der Waals surface area contributed by atoms with Crippen LogP contribution in [0.25, 0.3) is 0 Å². The summed E-state index contributed by atoms with van der Waals surface area (Å²) in [7, 11) is 4.24. The summed E-state index contributed by atoms with van der Waals surface area (Å²) in [6.07, 6.45) is 4.30. The summed E-state index contributed by atoms with van der Waals surface area (Å²) < 4.78 is 0. The Morgan fingerprint density at radius 3 is 2.36 bits per heavy atom. The first kappa shape index (κ1) is 14.0. The van der Waals surface area contributed by atoms with Crippen molar-refractivity contribution in [3.63, 3.8) is 0 Å². The zero-order valence-corrected chi connectivity index (χ0v) is 10.8. The minimum atomic E-state index is 0.611. The molecule has 0 fully saturated rings. The summed E-state index contributed by atoms with van der Waals surface area (Å²) in [5.41, 5.74) is 0. The molecular formula is C11H24N2S. The fourth-order valence-corrected chi connectivity index (χ4v) is 1.70. The van der Waals surface area contributed by atoms with E-state index >= 15 is 0 Å². The zero-order valence-electron chi connectivity index (χ0n) is 9.90. The highest BCUT2D eigenvalue weighted by atomic mass is 32.1. The van der Waals surface area contributed by atoms with Crippen LogP contribution >= 0.6 is 12.6 Å². The second kappa shape index (κ2) is 8.33. The van der Waals surface area contributed by atoms with Crippen LogP contribution in [-0.4, -0.2) is 55.3 Å². The Balaban J connectivity index is 3.92. The quantitative estimate of drug-likeness (QED) is 0.512. The molecule has 1 unspecified atom stereocenters. The molecule has 2 nitrogen and oxygen atoms in total. The highest BCUT2D eigenvalue weighted by molar-refractivity contribution is 7.80. The summed E-state index contributed by atoms with van der Waals surface area (Å²) in [6, 6.07) is 0.611. The van der Waals surface area contributed by atoms with E-state index in [1.807, 2.05) is 0 Å². The predicted molar refractivity (Wildman–Crippen MR) is 68.3 cm³/mol. The van der Waals surface area contributed by atoms with E-state index in [9.17, 15) is 0 Å². The van der Waals surface area contributed by atoms with E-state index in [4.69, 9.17) is 0 Å².